The lowest BCUT2D eigenvalue weighted by atomic mass is 10.2. The summed E-state index contributed by atoms with van der Waals surface area (Å²) in [5, 5.41) is 10.0. The summed E-state index contributed by atoms with van der Waals surface area (Å²) in [7, 11) is 0. The number of hydrogen-bond donors (Lipinski definition) is 1. The number of carbonyl (C=O) groups is 1. The van der Waals surface area contributed by atoms with Gasteiger partial charge in [-0.2, -0.15) is 5.10 Å². The summed E-state index contributed by atoms with van der Waals surface area (Å²) in [6.45, 7) is 1.52. The predicted molar refractivity (Wildman–Crippen MR) is 91.1 cm³/mol. The summed E-state index contributed by atoms with van der Waals surface area (Å²) in [5.74, 6) is -0.834. The van der Waals surface area contributed by atoms with E-state index in [4.69, 9.17) is 11.6 Å². The maximum atomic E-state index is 12.9. The Morgan fingerprint density at radius 3 is 2.59 bits per heavy atom. The van der Waals surface area contributed by atoms with Crippen molar-refractivity contribution in [3.63, 3.8) is 0 Å². The van der Waals surface area contributed by atoms with Crippen molar-refractivity contribution >= 4 is 23.5 Å². The maximum Gasteiger partial charge on any atom is 0.283 e. The van der Waals surface area contributed by atoms with Crippen LogP contribution >= 0.6 is 11.6 Å². The van der Waals surface area contributed by atoms with Crippen molar-refractivity contribution in [3.8, 4) is 0 Å². The first-order valence-electron chi connectivity index (χ1n) is 7.78. The number of hydrogen-bond acceptors (Lipinski definition) is 4. The molecule has 1 aromatic carbocycles. The number of amides is 1. The average Bonchev–Trinajstić information content (AvgIpc) is 3.16. The number of nitrogens with one attached hydrogen (secondary N) is 1. The van der Waals surface area contributed by atoms with E-state index in [9.17, 15) is 18.0 Å². The van der Waals surface area contributed by atoms with Crippen LogP contribution in [0, 0.1) is 12.7 Å². The standard InChI is InChI=1S/C16H14ClF3N6O/c1-9-13(17)14(15(19)20)23-26(9)7-12(27)22-16-21-8-25(24-16)6-10-2-4-11(18)5-3-10/h2-5,8,15H,6-7H2,1H3,(H,22,24,27). The Morgan fingerprint density at radius 1 is 1.26 bits per heavy atom. The van der Waals surface area contributed by atoms with E-state index < -0.39 is 18.0 Å². The monoisotopic (exact) mass is 398 g/mol. The fraction of sp³-hybridized carbons (Fsp3) is 0.250. The number of aromatic nitrogens is 5. The summed E-state index contributed by atoms with van der Waals surface area (Å²) in [6.07, 6.45) is -1.42. The zero-order valence-electron chi connectivity index (χ0n) is 14.0. The van der Waals surface area contributed by atoms with Crippen molar-refractivity contribution in [1.82, 2.24) is 24.5 Å². The van der Waals surface area contributed by atoms with Crippen LogP contribution in [0.1, 0.15) is 23.4 Å². The number of anilines is 1. The van der Waals surface area contributed by atoms with Crippen LogP contribution < -0.4 is 5.32 Å². The van der Waals surface area contributed by atoms with E-state index in [0.717, 1.165) is 10.2 Å². The van der Waals surface area contributed by atoms with E-state index >= 15 is 0 Å². The quantitative estimate of drug-likeness (QED) is 0.691. The van der Waals surface area contributed by atoms with Gasteiger partial charge in [-0.25, -0.2) is 22.8 Å². The number of alkyl halides is 2. The third-order valence-electron chi connectivity index (χ3n) is 3.70. The fourth-order valence-electron chi connectivity index (χ4n) is 2.35. The molecule has 1 N–H and O–H groups in total. The van der Waals surface area contributed by atoms with Gasteiger partial charge in [0.05, 0.1) is 17.3 Å². The Balaban J connectivity index is 1.63. The largest absolute Gasteiger partial charge is 0.292 e. The minimum Gasteiger partial charge on any atom is -0.292 e. The van der Waals surface area contributed by atoms with Crippen molar-refractivity contribution in [2.24, 2.45) is 0 Å². The third-order valence-corrected chi connectivity index (χ3v) is 4.17. The van der Waals surface area contributed by atoms with E-state index in [1.54, 1.807) is 12.1 Å². The molecule has 0 spiro atoms. The number of benzene rings is 1. The van der Waals surface area contributed by atoms with Crippen LogP contribution in [0.25, 0.3) is 0 Å². The van der Waals surface area contributed by atoms with Crippen LogP contribution in [0.15, 0.2) is 30.6 Å². The highest BCUT2D eigenvalue weighted by Gasteiger charge is 2.21. The molecule has 0 saturated carbocycles. The smallest absolute Gasteiger partial charge is 0.283 e. The Kier molecular flexibility index (Phi) is 5.45. The molecule has 3 rings (SSSR count). The normalized spacial score (nSPS) is 11.2. The minimum atomic E-state index is -2.83. The zero-order chi connectivity index (χ0) is 19.6. The van der Waals surface area contributed by atoms with E-state index in [1.165, 1.54) is 30.1 Å². The molecule has 2 aromatic heterocycles. The van der Waals surface area contributed by atoms with Crippen molar-refractivity contribution < 1.29 is 18.0 Å². The van der Waals surface area contributed by atoms with Crippen LogP contribution in [-0.4, -0.2) is 30.5 Å². The van der Waals surface area contributed by atoms with Gasteiger partial charge >= 0.3 is 0 Å². The van der Waals surface area contributed by atoms with Gasteiger partial charge in [0.25, 0.3) is 6.43 Å². The third kappa shape index (κ3) is 4.45. The highest BCUT2D eigenvalue weighted by molar-refractivity contribution is 6.31. The van der Waals surface area contributed by atoms with Crippen LogP contribution in [-0.2, 0) is 17.9 Å². The van der Waals surface area contributed by atoms with Crippen LogP contribution in [0.2, 0.25) is 5.02 Å². The number of halogens is 4. The van der Waals surface area contributed by atoms with Crippen molar-refractivity contribution in [2.45, 2.75) is 26.4 Å². The lowest BCUT2D eigenvalue weighted by Gasteiger charge is -2.04. The molecule has 27 heavy (non-hydrogen) atoms. The molecule has 0 unspecified atom stereocenters. The average molecular weight is 399 g/mol. The molecule has 0 aliphatic carbocycles. The van der Waals surface area contributed by atoms with Gasteiger partial charge in [0.15, 0.2) is 0 Å². The second kappa shape index (κ2) is 7.78. The molecule has 0 saturated heterocycles. The van der Waals surface area contributed by atoms with E-state index in [1.807, 2.05) is 0 Å². The maximum absolute atomic E-state index is 12.9. The molecule has 2 heterocycles. The molecule has 142 valence electrons. The van der Waals surface area contributed by atoms with Gasteiger partial charge in [0.2, 0.25) is 11.9 Å². The molecule has 0 fully saturated rings. The summed E-state index contributed by atoms with van der Waals surface area (Å²) in [4.78, 5) is 16.1. The molecular weight excluding hydrogens is 385 g/mol. The van der Waals surface area contributed by atoms with Gasteiger partial charge in [0, 0.05) is 0 Å². The van der Waals surface area contributed by atoms with Crippen LogP contribution in [0.4, 0.5) is 19.1 Å². The summed E-state index contributed by atoms with van der Waals surface area (Å²) in [5.41, 5.74) is 0.501. The lowest BCUT2D eigenvalue weighted by Crippen LogP contribution is -2.21. The highest BCUT2D eigenvalue weighted by Crippen LogP contribution is 2.28. The number of rotatable bonds is 6. The Labute approximate surface area is 156 Å². The SMILES string of the molecule is Cc1c(Cl)c(C(F)F)nn1CC(=O)Nc1ncn(Cc2ccc(F)cc2)n1. The first kappa shape index (κ1) is 18.9. The van der Waals surface area contributed by atoms with E-state index in [0.29, 0.717) is 6.54 Å². The molecule has 0 aliphatic rings. The molecular formula is C16H14ClF3N6O. The Hall–Kier alpha value is -2.88. The van der Waals surface area contributed by atoms with Gasteiger partial charge in [-0.3, -0.25) is 14.8 Å². The lowest BCUT2D eigenvalue weighted by molar-refractivity contribution is -0.117. The molecule has 7 nitrogen and oxygen atoms in total. The second-order valence-electron chi connectivity index (χ2n) is 5.68. The Morgan fingerprint density at radius 2 is 1.96 bits per heavy atom. The predicted octanol–water partition coefficient (Wildman–Crippen LogP) is 3.20. The van der Waals surface area contributed by atoms with Crippen molar-refractivity contribution in [3.05, 3.63) is 58.4 Å². The summed E-state index contributed by atoms with van der Waals surface area (Å²) in [6, 6.07) is 5.89. The number of carbonyl (C=O) groups excluding carboxylic acids is 1. The van der Waals surface area contributed by atoms with Crippen molar-refractivity contribution in [1.29, 1.82) is 0 Å². The molecule has 0 bridgehead atoms. The molecule has 11 heteroatoms. The molecule has 0 aliphatic heterocycles. The first-order chi connectivity index (χ1) is 12.8. The van der Waals surface area contributed by atoms with E-state index in [-0.39, 0.29) is 29.0 Å². The topological polar surface area (TPSA) is 77.6 Å². The number of nitrogens with zero attached hydrogens (tertiary/aromatic N) is 5. The highest BCUT2D eigenvalue weighted by atomic mass is 35.5. The molecule has 1 amide bonds. The van der Waals surface area contributed by atoms with Gasteiger partial charge in [0.1, 0.15) is 24.4 Å². The molecule has 3 aromatic rings. The summed E-state index contributed by atoms with van der Waals surface area (Å²) < 4.78 is 41.1. The first-order valence-corrected chi connectivity index (χ1v) is 8.16. The second-order valence-corrected chi connectivity index (χ2v) is 6.06. The molecule has 0 radical (unpaired) electrons. The zero-order valence-corrected chi connectivity index (χ0v) is 14.8. The Bertz CT molecular complexity index is 954. The van der Waals surface area contributed by atoms with Crippen LogP contribution in [0.5, 0.6) is 0 Å². The van der Waals surface area contributed by atoms with Gasteiger partial charge in [-0.1, -0.05) is 23.7 Å². The van der Waals surface area contributed by atoms with Gasteiger partial charge in [-0.05, 0) is 24.6 Å². The van der Waals surface area contributed by atoms with Crippen LogP contribution in [0.3, 0.4) is 0 Å². The fourth-order valence-corrected chi connectivity index (χ4v) is 2.56. The molecule has 0 atom stereocenters. The van der Waals surface area contributed by atoms with E-state index in [2.05, 4.69) is 20.5 Å². The van der Waals surface area contributed by atoms with Crippen molar-refractivity contribution in [2.75, 3.05) is 5.32 Å². The van der Waals surface area contributed by atoms with Gasteiger partial charge < -0.3 is 0 Å². The van der Waals surface area contributed by atoms with Gasteiger partial charge in [-0.15, -0.1) is 5.10 Å². The minimum absolute atomic E-state index is 0.0482. The summed E-state index contributed by atoms with van der Waals surface area (Å²) >= 11 is 5.80.